The van der Waals surface area contributed by atoms with Gasteiger partial charge in [-0.2, -0.15) is 0 Å². The number of aliphatic hydroxyl groups is 1. The zero-order chi connectivity index (χ0) is 11.1. The highest BCUT2D eigenvalue weighted by atomic mass is 16.5. The molecule has 4 heteroatoms. The molecule has 0 saturated heterocycles. The third-order valence-electron chi connectivity index (χ3n) is 1.93. The van der Waals surface area contributed by atoms with Crippen LogP contribution in [0.15, 0.2) is 24.3 Å². The van der Waals surface area contributed by atoms with Crippen LogP contribution in [-0.4, -0.2) is 24.7 Å². The fourth-order valence-corrected chi connectivity index (χ4v) is 1.17. The number of hydrogen-bond donors (Lipinski definition) is 2. The SMILES string of the molecule is COCCC(=O)Nc1cccc(CO)c1. The van der Waals surface area contributed by atoms with Crippen molar-refractivity contribution >= 4 is 11.6 Å². The summed E-state index contributed by atoms with van der Waals surface area (Å²) in [6.45, 7) is 0.382. The van der Waals surface area contributed by atoms with Gasteiger partial charge in [0.05, 0.1) is 19.6 Å². The Balaban J connectivity index is 2.52. The Hall–Kier alpha value is -1.39. The Labute approximate surface area is 88.9 Å². The molecule has 2 N–H and O–H groups in total. The van der Waals surface area contributed by atoms with E-state index in [2.05, 4.69) is 5.32 Å². The molecule has 0 spiro atoms. The van der Waals surface area contributed by atoms with Gasteiger partial charge < -0.3 is 15.2 Å². The van der Waals surface area contributed by atoms with Crippen LogP contribution in [0.5, 0.6) is 0 Å². The molecule has 0 aliphatic rings. The van der Waals surface area contributed by atoms with Gasteiger partial charge in [0.2, 0.25) is 5.91 Å². The van der Waals surface area contributed by atoms with Crippen molar-refractivity contribution in [2.24, 2.45) is 0 Å². The van der Waals surface area contributed by atoms with E-state index in [0.717, 1.165) is 5.56 Å². The lowest BCUT2D eigenvalue weighted by Gasteiger charge is -2.05. The van der Waals surface area contributed by atoms with E-state index in [1.165, 1.54) is 0 Å². The molecule has 1 rings (SSSR count). The van der Waals surface area contributed by atoms with E-state index in [4.69, 9.17) is 9.84 Å². The smallest absolute Gasteiger partial charge is 0.226 e. The van der Waals surface area contributed by atoms with Crippen LogP contribution in [0.1, 0.15) is 12.0 Å². The number of amides is 1. The summed E-state index contributed by atoms with van der Waals surface area (Å²) in [5.41, 5.74) is 1.47. The standard InChI is InChI=1S/C11H15NO3/c1-15-6-5-11(14)12-10-4-2-3-9(7-10)8-13/h2-4,7,13H,5-6,8H2,1H3,(H,12,14). The molecule has 1 aromatic carbocycles. The monoisotopic (exact) mass is 209 g/mol. The van der Waals surface area contributed by atoms with Gasteiger partial charge in [0.1, 0.15) is 0 Å². The number of methoxy groups -OCH3 is 1. The lowest BCUT2D eigenvalue weighted by Crippen LogP contribution is -2.13. The summed E-state index contributed by atoms with van der Waals surface area (Å²) >= 11 is 0. The highest BCUT2D eigenvalue weighted by Gasteiger charge is 2.01. The first kappa shape index (κ1) is 11.7. The van der Waals surface area contributed by atoms with Gasteiger partial charge in [0.15, 0.2) is 0 Å². The molecule has 0 aliphatic heterocycles. The second kappa shape index (κ2) is 6.16. The highest BCUT2D eigenvalue weighted by Crippen LogP contribution is 2.10. The van der Waals surface area contributed by atoms with Crippen LogP contribution in [0.3, 0.4) is 0 Å². The number of rotatable bonds is 5. The van der Waals surface area contributed by atoms with Crippen molar-refractivity contribution in [1.82, 2.24) is 0 Å². The Kier molecular flexibility index (Phi) is 4.80. The van der Waals surface area contributed by atoms with Crippen LogP contribution in [-0.2, 0) is 16.1 Å². The van der Waals surface area contributed by atoms with Crippen molar-refractivity contribution in [3.63, 3.8) is 0 Å². The fraction of sp³-hybridized carbons (Fsp3) is 0.364. The number of aliphatic hydroxyl groups excluding tert-OH is 1. The molecule has 0 heterocycles. The third-order valence-corrected chi connectivity index (χ3v) is 1.93. The number of hydrogen-bond acceptors (Lipinski definition) is 3. The molecule has 4 nitrogen and oxygen atoms in total. The first-order chi connectivity index (χ1) is 7.26. The van der Waals surface area contributed by atoms with Crippen LogP contribution in [0, 0.1) is 0 Å². The van der Waals surface area contributed by atoms with E-state index in [0.29, 0.717) is 18.7 Å². The minimum Gasteiger partial charge on any atom is -0.392 e. The number of nitrogens with one attached hydrogen (secondary N) is 1. The number of anilines is 1. The van der Waals surface area contributed by atoms with Gasteiger partial charge in [0, 0.05) is 12.8 Å². The van der Waals surface area contributed by atoms with Crippen LogP contribution in [0.25, 0.3) is 0 Å². The normalized spacial score (nSPS) is 10.0. The van der Waals surface area contributed by atoms with Gasteiger partial charge in [-0.25, -0.2) is 0 Å². The van der Waals surface area contributed by atoms with Gasteiger partial charge in [-0.1, -0.05) is 12.1 Å². The minimum absolute atomic E-state index is 0.0260. The lowest BCUT2D eigenvalue weighted by molar-refractivity contribution is -0.117. The van der Waals surface area contributed by atoms with Crippen molar-refractivity contribution in [1.29, 1.82) is 0 Å². The highest BCUT2D eigenvalue weighted by molar-refractivity contribution is 5.90. The van der Waals surface area contributed by atoms with Crippen molar-refractivity contribution in [2.45, 2.75) is 13.0 Å². The molecule has 0 aromatic heterocycles. The molecule has 82 valence electrons. The molecule has 0 aliphatic carbocycles. The summed E-state index contributed by atoms with van der Waals surface area (Å²) in [6.07, 6.45) is 0.333. The summed E-state index contributed by atoms with van der Waals surface area (Å²) in [5.74, 6) is -0.0908. The quantitative estimate of drug-likeness (QED) is 0.765. The summed E-state index contributed by atoms with van der Waals surface area (Å²) in [6, 6.07) is 7.11. The van der Waals surface area contributed by atoms with E-state index >= 15 is 0 Å². The Morgan fingerprint density at radius 1 is 1.53 bits per heavy atom. The molecule has 0 atom stereocenters. The Morgan fingerprint density at radius 3 is 3.00 bits per heavy atom. The maximum Gasteiger partial charge on any atom is 0.226 e. The van der Waals surface area contributed by atoms with Gasteiger partial charge in [-0.15, -0.1) is 0 Å². The molecule has 0 saturated carbocycles. The second-order valence-electron chi connectivity index (χ2n) is 3.15. The Bertz CT molecular complexity index is 325. The maximum absolute atomic E-state index is 11.3. The zero-order valence-corrected chi connectivity index (χ0v) is 8.69. The average Bonchev–Trinajstić information content (AvgIpc) is 2.26. The molecular formula is C11H15NO3. The first-order valence-electron chi connectivity index (χ1n) is 4.75. The second-order valence-corrected chi connectivity index (χ2v) is 3.15. The summed E-state index contributed by atoms with van der Waals surface area (Å²) < 4.78 is 4.79. The van der Waals surface area contributed by atoms with Gasteiger partial charge >= 0.3 is 0 Å². The Morgan fingerprint density at radius 2 is 2.33 bits per heavy atom. The van der Waals surface area contributed by atoms with Crippen molar-refractivity contribution in [2.75, 3.05) is 19.0 Å². The molecular weight excluding hydrogens is 194 g/mol. The van der Waals surface area contributed by atoms with Gasteiger partial charge in [0.25, 0.3) is 0 Å². The minimum atomic E-state index is -0.0908. The first-order valence-corrected chi connectivity index (χ1v) is 4.75. The third kappa shape index (κ3) is 4.10. The topological polar surface area (TPSA) is 58.6 Å². The van der Waals surface area contributed by atoms with Gasteiger partial charge in [-0.05, 0) is 17.7 Å². The number of benzene rings is 1. The van der Waals surface area contributed by atoms with Crippen LogP contribution < -0.4 is 5.32 Å². The molecule has 0 radical (unpaired) electrons. The van der Waals surface area contributed by atoms with E-state index < -0.39 is 0 Å². The zero-order valence-electron chi connectivity index (χ0n) is 8.69. The van der Waals surface area contributed by atoms with Crippen LogP contribution >= 0.6 is 0 Å². The maximum atomic E-state index is 11.3. The average molecular weight is 209 g/mol. The lowest BCUT2D eigenvalue weighted by atomic mass is 10.2. The van der Waals surface area contributed by atoms with E-state index in [1.54, 1.807) is 31.4 Å². The van der Waals surface area contributed by atoms with Crippen molar-refractivity contribution < 1.29 is 14.6 Å². The number of carbonyl (C=O) groups is 1. The fourth-order valence-electron chi connectivity index (χ4n) is 1.17. The molecule has 0 unspecified atom stereocenters. The number of carbonyl (C=O) groups excluding carboxylic acids is 1. The predicted octanol–water partition coefficient (Wildman–Crippen LogP) is 1.15. The molecule has 15 heavy (non-hydrogen) atoms. The van der Waals surface area contributed by atoms with Crippen LogP contribution in [0.2, 0.25) is 0 Å². The van der Waals surface area contributed by atoms with Gasteiger partial charge in [-0.3, -0.25) is 4.79 Å². The predicted molar refractivity (Wildman–Crippen MR) is 57.5 cm³/mol. The van der Waals surface area contributed by atoms with E-state index in [-0.39, 0.29) is 12.5 Å². The van der Waals surface area contributed by atoms with Crippen molar-refractivity contribution in [3.05, 3.63) is 29.8 Å². The summed E-state index contributed by atoms with van der Waals surface area (Å²) in [5, 5.41) is 11.6. The molecule has 0 fully saturated rings. The summed E-state index contributed by atoms with van der Waals surface area (Å²) in [4.78, 5) is 11.3. The molecule has 1 aromatic rings. The summed E-state index contributed by atoms with van der Waals surface area (Å²) in [7, 11) is 1.56. The van der Waals surface area contributed by atoms with E-state index in [1.807, 2.05) is 0 Å². The van der Waals surface area contributed by atoms with Crippen molar-refractivity contribution in [3.8, 4) is 0 Å². The number of ether oxygens (including phenoxy) is 1. The molecule has 0 bridgehead atoms. The largest absolute Gasteiger partial charge is 0.392 e. The van der Waals surface area contributed by atoms with Crippen LogP contribution in [0.4, 0.5) is 5.69 Å². The van der Waals surface area contributed by atoms with E-state index in [9.17, 15) is 4.79 Å². The molecule has 1 amide bonds.